The molecule has 0 rings (SSSR count). The van der Waals surface area contributed by atoms with E-state index in [1.54, 1.807) is 0 Å². The first-order valence-corrected chi connectivity index (χ1v) is 36.1. The highest BCUT2D eigenvalue weighted by Gasteiger charge is 2.40. The van der Waals surface area contributed by atoms with Gasteiger partial charge in [-0.05, 0) is 41.6 Å². The van der Waals surface area contributed by atoms with Crippen LogP contribution < -0.4 is 0 Å². The Bertz CT molecular complexity index is 1090. The molecule has 0 saturated heterocycles. The Morgan fingerprint density at radius 1 is 0.286 bits per heavy atom. The average molecular weight is 1160 g/mol. The molecule has 6 nitrogen and oxygen atoms in total. The molecule has 462 valence electrons. The SMILES string of the molecule is CCCCCCCCCCCCCCCCOC[C@@H](O)[C@@H](OCCCCCCCCCCCCCCCC)[C@H](OCCCCCCCCCCCCCCCC)[C@@H](OCCCCCCCCCCCCCCCC)C(=O)Br. The summed E-state index contributed by atoms with van der Waals surface area (Å²) in [5.41, 5.74) is 0. The summed E-state index contributed by atoms with van der Waals surface area (Å²) in [6.45, 7) is 11.5. The fourth-order valence-electron chi connectivity index (χ4n) is 11.3. The first kappa shape index (κ1) is 77.0. The van der Waals surface area contributed by atoms with Crippen LogP contribution in [0.15, 0.2) is 0 Å². The molecule has 1 N–H and O–H groups in total. The third kappa shape index (κ3) is 57.6. The highest BCUT2D eigenvalue weighted by Crippen LogP contribution is 2.23. The maximum Gasteiger partial charge on any atom is 0.229 e. The molecule has 0 aromatic heterocycles. The number of halogens is 1. The molecular weight excluding hydrogens is 1020 g/mol. The van der Waals surface area contributed by atoms with Gasteiger partial charge in [-0.25, -0.2) is 0 Å². The number of aliphatic hydroxyl groups is 1. The normalized spacial score (nSPS) is 13.4. The van der Waals surface area contributed by atoms with Crippen molar-refractivity contribution < 1.29 is 28.8 Å². The zero-order valence-electron chi connectivity index (χ0n) is 52.8. The fourth-order valence-corrected chi connectivity index (χ4v) is 11.7. The maximum atomic E-state index is 13.5. The Hall–Kier alpha value is -0.0500. The van der Waals surface area contributed by atoms with Gasteiger partial charge in [0.25, 0.3) is 0 Å². The van der Waals surface area contributed by atoms with E-state index in [4.69, 9.17) is 18.9 Å². The second-order valence-electron chi connectivity index (χ2n) is 24.3. The second-order valence-corrected chi connectivity index (χ2v) is 25.1. The van der Waals surface area contributed by atoms with Crippen molar-refractivity contribution in [2.45, 2.75) is 412 Å². The molecule has 77 heavy (non-hydrogen) atoms. The van der Waals surface area contributed by atoms with Crippen LogP contribution in [0.4, 0.5) is 0 Å². The van der Waals surface area contributed by atoms with Gasteiger partial charge in [-0.3, -0.25) is 4.79 Å². The molecule has 0 amide bonds. The van der Waals surface area contributed by atoms with Crippen molar-refractivity contribution in [3.63, 3.8) is 0 Å². The van der Waals surface area contributed by atoms with Gasteiger partial charge in [0.1, 0.15) is 18.3 Å². The predicted molar refractivity (Wildman–Crippen MR) is 341 cm³/mol. The zero-order chi connectivity index (χ0) is 55.8. The van der Waals surface area contributed by atoms with Gasteiger partial charge in [0.15, 0.2) is 6.10 Å². The second kappa shape index (κ2) is 66.7. The number of hydrogen-bond acceptors (Lipinski definition) is 6. The lowest BCUT2D eigenvalue weighted by Gasteiger charge is -2.34. The third-order valence-electron chi connectivity index (χ3n) is 16.6. The summed E-state index contributed by atoms with van der Waals surface area (Å²) in [4.78, 5) is 13.5. The van der Waals surface area contributed by atoms with E-state index in [0.717, 1.165) is 51.4 Å². The van der Waals surface area contributed by atoms with E-state index in [0.29, 0.717) is 26.4 Å². The number of unbranched alkanes of at least 4 members (excludes halogenated alkanes) is 52. The number of carbonyl (C=O) groups is 1. The Labute approximate surface area is 491 Å². The van der Waals surface area contributed by atoms with Gasteiger partial charge in [-0.2, -0.15) is 0 Å². The van der Waals surface area contributed by atoms with Crippen LogP contribution in [-0.2, 0) is 23.7 Å². The van der Waals surface area contributed by atoms with Gasteiger partial charge in [-0.1, -0.05) is 362 Å². The number of carbonyl (C=O) groups excluding carboxylic acids is 1. The Morgan fingerprint density at radius 2 is 0.481 bits per heavy atom. The van der Waals surface area contributed by atoms with Crippen molar-refractivity contribution in [2.24, 2.45) is 0 Å². The molecule has 0 aliphatic heterocycles. The molecule has 0 heterocycles. The standard InChI is InChI=1S/C70H139BrO6/c1-5-9-13-17-21-25-29-33-37-41-45-49-53-57-61-74-65-66(72)67(75-62-58-54-50-46-42-38-34-30-26-22-18-14-10-6-2)68(76-63-59-55-51-47-43-39-35-31-27-23-19-15-11-7-3)69(70(71)73)77-64-60-56-52-48-44-40-36-32-28-24-20-16-12-8-4/h66-69,72H,5-65H2,1-4H3/t66-,67-,68+,69-/m1/s1. The molecule has 4 atom stereocenters. The Balaban J connectivity index is 5.38. The number of rotatable bonds is 69. The van der Waals surface area contributed by atoms with E-state index in [9.17, 15) is 9.90 Å². The molecule has 0 aliphatic carbocycles. The van der Waals surface area contributed by atoms with Crippen molar-refractivity contribution in [1.29, 1.82) is 0 Å². The summed E-state index contributed by atoms with van der Waals surface area (Å²) < 4.78 is 25.9. The van der Waals surface area contributed by atoms with Crippen molar-refractivity contribution in [3.05, 3.63) is 0 Å². The van der Waals surface area contributed by atoms with Gasteiger partial charge in [0.2, 0.25) is 4.69 Å². The van der Waals surface area contributed by atoms with Crippen LogP contribution in [0.1, 0.15) is 387 Å². The average Bonchev–Trinajstić information content (AvgIpc) is 3.43. The van der Waals surface area contributed by atoms with Crippen LogP contribution >= 0.6 is 15.9 Å². The van der Waals surface area contributed by atoms with Gasteiger partial charge in [-0.15, -0.1) is 0 Å². The van der Waals surface area contributed by atoms with E-state index in [2.05, 4.69) is 43.6 Å². The summed E-state index contributed by atoms with van der Waals surface area (Å²) in [7, 11) is 0. The summed E-state index contributed by atoms with van der Waals surface area (Å²) in [6, 6.07) is 0. The predicted octanol–water partition coefficient (Wildman–Crippen LogP) is 23.4. The molecular formula is C70H139BrO6. The first-order valence-electron chi connectivity index (χ1n) is 35.3. The van der Waals surface area contributed by atoms with Gasteiger partial charge in [0, 0.05) is 26.4 Å². The number of hydrogen-bond donors (Lipinski definition) is 1. The van der Waals surface area contributed by atoms with Crippen molar-refractivity contribution >= 4 is 20.6 Å². The van der Waals surface area contributed by atoms with Crippen LogP contribution in [0, 0.1) is 0 Å². The molecule has 0 aromatic carbocycles. The minimum Gasteiger partial charge on any atom is -0.388 e. The summed E-state index contributed by atoms with van der Waals surface area (Å²) in [5.74, 6) is 0. The van der Waals surface area contributed by atoms with Crippen LogP contribution in [0.3, 0.4) is 0 Å². The quantitative estimate of drug-likeness (QED) is 0.0483. The lowest BCUT2D eigenvalue weighted by atomic mass is 10.0. The third-order valence-corrected chi connectivity index (χ3v) is 17.0. The minimum absolute atomic E-state index is 0.169. The van der Waals surface area contributed by atoms with E-state index < -0.39 is 24.4 Å². The van der Waals surface area contributed by atoms with E-state index in [-0.39, 0.29) is 11.3 Å². The minimum atomic E-state index is -0.923. The molecule has 0 aromatic rings. The largest absolute Gasteiger partial charge is 0.388 e. The Morgan fingerprint density at radius 3 is 0.714 bits per heavy atom. The molecule has 0 bridgehead atoms. The summed E-state index contributed by atoms with van der Waals surface area (Å²) in [5, 5.41) is 12.0. The summed E-state index contributed by atoms with van der Waals surface area (Å²) in [6.07, 6.45) is 70.0. The highest BCUT2D eigenvalue weighted by atomic mass is 79.9. The van der Waals surface area contributed by atoms with Crippen LogP contribution in [0.25, 0.3) is 0 Å². The molecule has 0 fully saturated rings. The summed E-state index contributed by atoms with van der Waals surface area (Å²) >= 11 is 3.35. The van der Waals surface area contributed by atoms with E-state index >= 15 is 0 Å². The van der Waals surface area contributed by atoms with Gasteiger partial charge in [0.05, 0.1) is 6.61 Å². The molecule has 0 saturated carbocycles. The molecule has 0 aliphatic rings. The Kier molecular flexibility index (Phi) is 66.7. The van der Waals surface area contributed by atoms with Crippen molar-refractivity contribution in [1.82, 2.24) is 0 Å². The lowest BCUT2D eigenvalue weighted by molar-refractivity contribution is -0.179. The van der Waals surface area contributed by atoms with E-state index in [1.165, 1.54) is 308 Å². The van der Waals surface area contributed by atoms with Crippen molar-refractivity contribution in [2.75, 3.05) is 33.0 Å². The topological polar surface area (TPSA) is 74.2 Å². The molecule has 0 spiro atoms. The molecule has 7 heteroatoms. The van der Waals surface area contributed by atoms with Crippen LogP contribution in [0.2, 0.25) is 0 Å². The number of aliphatic hydroxyl groups excluding tert-OH is 1. The lowest BCUT2D eigenvalue weighted by Crippen LogP contribution is -2.52. The monoisotopic (exact) mass is 1150 g/mol. The fraction of sp³-hybridized carbons (Fsp3) is 0.986. The van der Waals surface area contributed by atoms with Crippen molar-refractivity contribution in [3.8, 4) is 0 Å². The van der Waals surface area contributed by atoms with E-state index in [1.807, 2.05) is 0 Å². The number of ether oxygens (including phenoxy) is 4. The highest BCUT2D eigenvalue weighted by molar-refractivity contribution is 9.18. The maximum absolute atomic E-state index is 13.5. The van der Waals surface area contributed by atoms with Gasteiger partial charge >= 0.3 is 0 Å². The first-order chi connectivity index (χ1) is 38.0. The molecule has 0 radical (unpaired) electrons. The van der Waals surface area contributed by atoms with Crippen LogP contribution in [0.5, 0.6) is 0 Å². The van der Waals surface area contributed by atoms with Crippen LogP contribution in [-0.4, -0.2) is 67.2 Å². The zero-order valence-corrected chi connectivity index (χ0v) is 54.4. The molecule has 0 unspecified atom stereocenters. The smallest absolute Gasteiger partial charge is 0.229 e. The van der Waals surface area contributed by atoms with Gasteiger partial charge < -0.3 is 24.1 Å².